The van der Waals surface area contributed by atoms with Crippen LogP contribution in [0.15, 0.2) is 12.1 Å². The lowest BCUT2D eigenvalue weighted by Crippen LogP contribution is -2.20. The van der Waals surface area contributed by atoms with Crippen LogP contribution in [0.1, 0.15) is 58.9 Å². The molecule has 3 heteroatoms. The summed E-state index contributed by atoms with van der Waals surface area (Å²) in [5.41, 5.74) is 5.40. The van der Waals surface area contributed by atoms with E-state index in [1.165, 1.54) is 0 Å². The Morgan fingerprint density at radius 2 is 2.00 bits per heavy atom. The van der Waals surface area contributed by atoms with Crippen molar-refractivity contribution in [2.45, 2.75) is 46.5 Å². The number of hydrogen-bond donors (Lipinski definition) is 1. The summed E-state index contributed by atoms with van der Waals surface area (Å²) in [6.45, 7) is 8.35. The van der Waals surface area contributed by atoms with Gasteiger partial charge in [0.2, 0.25) is 0 Å². The first-order chi connectivity index (χ1) is 9.88. The molecule has 1 N–H and O–H groups in total. The van der Waals surface area contributed by atoms with Crippen LogP contribution in [0.5, 0.6) is 0 Å². The minimum atomic E-state index is -0.829. The van der Waals surface area contributed by atoms with E-state index in [9.17, 15) is 9.90 Å². The molecule has 0 fully saturated rings. The van der Waals surface area contributed by atoms with Gasteiger partial charge in [0.25, 0.3) is 0 Å². The number of carboxylic acids is 1. The van der Waals surface area contributed by atoms with Crippen LogP contribution in [0.3, 0.4) is 0 Å². The molecule has 0 bridgehead atoms. The first-order valence-electron chi connectivity index (χ1n) is 7.55. The number of aryl methyl sites for hydroxylation is 2. The molecule has 21 heavy (non-hydrogen) atoms. The van der Waals surface area contributed by atoms with Gasteiger partial charge in [0.15, 0.2) is 0 Å². The average molecular weight is 283 g/mol. The van der Waals surface area contributed by atoms with Crippen molar-refractivity contribution in [2.24, 2.45) is 5.92 Å². The molecule has 0 amide bonds. The summed E-state index contributed by atoms with van der Waals surface area (Å²) in [5.74, 6) is -0.0116. The summed E-state index contributed by atoms with van der Waals surface area (Å²) in [6.07, 6.45) is 1.91. The molecule has 2 atom stereocenters. The number of aromatic carboxylic acids is 1. The zero-order valence-corrected chi connectivity index (χ0v) is 13.0. The van der Waals surface area contributed by atoms with Crippen molar-refractivity contribution >= 4 is 16.9 Å². The van der Waals surface area contributed by atoms with Crippen molar-refractivity contribution in [3.05, 3.63) is 40.1 Å². The zero-order chi connectivity index (χ0) is 15.3. The summed E-state index contributed by atoms with van der Waals surface area (Å²) < 4.78 is 0. The predicted octanol–water partition coefficient (Wildman–Crippen LogP) is 4.24. The molecule has 0 saturated heterocycles. The Morgan fingerprint density at radius 3 is 2.67 bits per heavy atom. The van der Waals surface area contributed by atoms with Crippen LogP contribution >= 0.6 is 0 Å². The second-order valence-electron chi connectivity index (χ2n) is 6.58. The first-order valence-corrected chi connectivity index (χ1v) is 7.55. The normalized spacial score (nSPS) is 21.3. The van der Waals surface area contributed by atoms with E-state index in [1.807, 2.05) is 19.9 Å². The van der Waals surface area contributed by atoms with E-state index < -0.39 is 5.97 Å². The van der Waals surface area contributed by atoms with Gasteiger partial charge in [-0.05, 0) is 55.7 Å². The van der Waals surface area contributed by atoms with E-state index in [0.717, 1.165) is 46.1 Å². The predicted molar refractivity (Wildman–Crippen MR) is 84.1 cm³/mol. The molecule has 3 nitrogen and oxygen atoms in total. The van der Waals surface area contributed by atoms with Gasteiger partial charge in [-0.3, -0.25) is 4.98 Å². The number of aromatic nitrogens is 1. The number of rotatable bonds is 1. The van der Waals surface area contributed by atoms with Crippen molar-refractivity contribution in [3.63, 3.8) is 0 Å². The quantitative estimate of drug-likeness (QED) is 0.851. The fourth-order valence-corrected chi connectivity index (χ4v) is 3.84. The number of fused-ring (bicyclic) bond motifs is 2. The number of carbonyl (C=O) groups is 1. The maximum absolute atomic E-state index is 11.9. The minimum absolute atomic E-state index is 0.257. The van der Waals surface area contributed by atoms with Gasteiger partial charge in [-0.15, -0.1) is 0 Å². The third-order valence-corrected chi connectivity index (χ3v) is 4.55. The smallest absolute Gasteiger partial charge is 0.336 e. The van der Waals surface area contributed by atoms with Crippen LogP contribution in [-0.4, -0.2) is 16.1 Å². The highest BCUT2D eigenvalue weighted by Crippen LogP contribution is 2.39. The van der Waals surface area contributed by atoms with E-state index in [2.05, 4.69) is 19.9 Å². The highest BCUT2D eigenvalue weighted by Gasteiger charge is 2.29. The second kappa shape index (κ2) is 4.83. The third-order valence-electron chi connectivity index (χ3n) is 4.55. The Morgan fingerprint density at radius 1 is 1.29 bits per heavy atom. The van der Waals surface area contributed by atoms with E-state index >= 15 is 0 Å². The number of hydrogen-bond acceptors (Lipinski definition) is 2. The van der Waals surface area contributed by atoms with Gasteiger partial charge in [0.1, 0.15) is 0 Å². The Balaban J connectivity index is 2.45. The van der Waals surface area contributed by atoms with Gasteiger partial charge in [0.05, 0.1) is 11.1 Å². The lowest BCUT2D eigenvalue weighted by Gasteiger charge is -2.29. The molecule has 1 aromatic carbocycles. The van der Waals surface area contributed by atoms with Crippen LogP contribution in [0.25, 0.3) is 10.9 Å². The van der Waals surface area contributed by atoms with Gasteiger partial charge in [-0.2, -0.15) is 0 Å². The second-order valence-corrected chi connectivity index (χ2v) is 6.58. The molecule has 0 spiro atoms. The molecule has 1 aliphatic carbocycles. The molecule has 1 aliphatic rings. The van der Waals surface area contributed by atoms with Crippen LogP contribution in [-0.2, 0) is 6.42 Å². The third kappa shape index (κ3) is 2.21. The molecule has 2 unspecified atom stereocenters. The molecular weight excluding hydrogens is 262 g/mol. The minimum Gasteiger partial charge on any atom is -0.478 e. The van der Waals surface area contributed by atoms with Crippen molar-refractivity contribution in [2.75, 3.05) is 0 Å². The van der Waals surface area contributed by atoms with Crippen molar-refractivity contribution < 1.29 is 9.90 Å². The van der Waals surface area contributed by atoms with E-state index in [1.54, 1.807) is 0 Å². The molecule has 0 saturated carbocycles. The molecular formula is C18H21NO2. The number of nitrogens with zero attached hydrogens (tertiary/aromatic N) is 1. The zero-order valence-electron chi connectivity index (χ0n) is 13.0. The summed E-state index contributed by atoms with van der Waals surface area (Å²) in [6, 6.07) is 4.03. The summed E-state index contributed by atoms with van der Waals surface area (Å²) in [4.78, 5) is 16.7. The van der Waals surface area contributed by atoms with E-state index in [4.69, 9.17) is 4.98 Å². The Hall–Kier alpha value is -1.90. The largest absolute Gasteiger partial charge is 0.478 e. The molecule has 2 aromatic rings. The standard InChI is InChI=1S/C18H21NO2/c1-9-6-12(4)17-13(7-9)16(18(20)21)15-11(3)5-10(2)8-14(15)19-17/h6-7,10-11H,5,8H2,1-4H3,(H,20,21). The van der Waals surface area contributed by atoms with Gasteiger partial charge in [0, 0.05) is 11.1 Å². The maximum atomic E-state index is 11.9. The Bertz CT molecular complexity index is 749. The van der Waals surface area contributed by atoms with Crippen molar-refractivity contribution in [1.82, 2.24) is 4.98 Å². The van der Waals surface area contributed by atoms with Crippen molar-refractivity contribution in [3.8, 4) is 0 Å². The van der Waals surface area contributed by atoms with E-state index in [-0.39, 0.29) is 5.92 Å². The summed E-state index contributed by atoms with van der Waals surface area (Å²) >= 11 is 0. The maximum Gasteiger partial charge on any atom is 0.336 e. The number of benzene rings is 1. The van der Waals surface area contributed by atoms with Crippen LogP contribution in [0.4, 0.5) is 0 Å². The molecule has 1 heterocycles. The highest BCUT2D eigenvalue weighted by molar-refractivity contribution is 6.05. The number of carboxylic acid groups (broad SMARTS) is 1. The molecule has 3 rings (SSSR count). The SMILES string of the molecule is Cc1cc(C)c2nc3c(c(C(=O)O)c2c1)C(C)CC(C)C3. The Labute approximate surface area is 125 Å². The molecule has 0 radical (unpaired) electrons. The topological polar surface area (TPSA) is 50.2 Å². The fraction of sp³-hybridized carbons (Fsp3) is 0.444. The van der Waals surface area contributed by atoms with Gasteiger partial charge < -0.3 is 5.11 Å². The van der Waals surface area contributed by atoms with Crippen molar-refractivity contribution in [1.29, 1.82) is 0 Å². The molecule has 1 aromatic heterocycles. The van der Waals surface area contributed by atoms with E-state index in [0.29, 0.717) is 11.5 Å². The first kappa shape index (κ1) is 14.1. The van der Waals surface area contributed by atoms with Crippen LogP contribution < -0.4 is 0 Å². The van der Waals surface area contributed by atoms with Crippen LogP contribution in [0, 0.1) is 19.8 Å². The fourth-order valence-electron chi connectivity index (χ4n) is 3.84. The lowest BCUT2D eigenvalue weighted by molar-refractivity contribution is 0.0696. The highest BCUT2D eigenvalue weighted by atomic mass is 16.4. The summed E-state index contributed by atoms with van der Waals surface area (Å²) in [5, 5.41) is 10.6. The number of pyridine rings is 1. The lowest BCUT2D eigenvalue weighted by atomic mass is 9.78. The summed E-state index contributed by atoms with van der Waals surface area (Å²) in [7, 11) is 0. The average Bonchev–Trinajstić information content (AvgIpc) is 2.36. The Kier molecular flexibility index (Phi) is 3.23. The van der Waals surface area contributed by atoms with Gasteiger partial charge in [-0.25, -0.2) is 4.79 Å². The van der Waals surface area contributed by atoms with Gasteiger partial charge in [-0.1, -0.05) is 25.5 Å². The van der Waals surface area contributed by atoms with Crippen LogP contribution in [0.2, 0.25) is 0 Å². The molecule has 0 aliphatic heterocycles. The molecule has 110 valence electrons. The van der Waals surface area contributed by atoms with Gasteiger partial charge >= 0.3 is 5.97 Å². The monoisotopic (exact) mass is 283 g/mol.